The number of likely N-dealkylation sites (tertiary alicyclic amines) is 1. The van der Waals surface area contributed by atoms with E-state index in [9.17, 15) is 9.59 Å². The van der Waals surface area contributed by atoms with Crippen LogP contribution in [-0.4, -0.2) is 42.9 Å². The topological polar surface area (TPSA) is 79.6 Å². The molecule has 2 aromatic carbocycles. The summed E-state index contributed by atoms with van der Waals surface area (Å²) in [5.74, 6) is 1.79. The fraction of sp³-hybridized carbons (Fsp3) is 0.348. The number of piperidine rings is 1. The van der Waals surface area contributed by atoms with Crippen LogP contribution in [-0.2, 0) is 11.2 Å². The molecule has 0 unspecified atom stereocenters. The van der Waals surface area contributed by atoms with Gasteiger partial charge >= 0.3 is 0 Å². The largest absolute Gasteiger partial charge is 0.493 e. The first kappa shape index (κ1) is 19.0. The smallest absolute Gasteiger partial charge is 0.253 e. The summed E-state index contributed by atoms with van der Waals surface area (Å²) < 4.78 is 11.2. The molecule has 0 bridgehead atoms. The molecular formula is C23H22N2O4. The van der Waals surface area contributed by atoms with Gasteiger partial charge < -0.3 is 14.4 Å². The maximum absolute atomic E-state index is 12.9. The van der Waals surface area contributed by atoms with Crippen molar-refractivity contribution < 1.29 is 19.1 Å². The zero-order valence-corrected chi connectivity index (χ0v) is 16.1. The number of ether oxygens (including phenoxy) is 2. The Balaban J connectivity index is 1.31. The average molecular weight is 390 g/mol. The van der Waals surface area contributed by atoms with Crippen molar-refractivity contribution in [2.45, 2.75) is 19.3 Å². The van der Waals surface area contributed by atoms with E-state index in [4.69, 9.17) is 14.7 Å². The number of nitriles is 1. The molecule has 0 aromatic heterocycles. The van der Waals surface area contributed by atoms with Gasteiger partial charge in [-0.2, -0.15) is 5.26 Å². The number of carbonyl (C=O) groups is 2. The average Bonchev–Trinajstić information content (AvgIpc) is 2.77. The van der Waals surface area contributed by atoms with E-state index in [2.05, 4.69) is 6.07 Å². The highest BCUT2D eigenvalue weighted by atomic mass is 16.5. The molecule has 2 aliphatic rings. The Bertz CT molecular complexity index is 971. The molecule has 2 heterocycles. The molecule has 0 atom stereocenters. The van der Waals surface area contributed by atoms with E-state index in [1.165, 1.54) is 0 Å². The molecule has 6 heteroatoms. The van der Waals surface area contributed by atoms with Gasteiger partial charge in [-0.15, -0.1) is 0 Å². The normalized spacial score (nSPS) is 16.5. The van der Waals surface area contributed by atoms with Crippen molar-refractivity contribution in [2.75, 3.05) is 26.3 Å². The lowest BCUT2D eigenvalue weighted by molar-refractivity contribution is -0.121. The van der Waals surface area contributed by atoms with E-state index in [-0.39, 0.29) is 18.3 Å². The van der Waals surface area contributed by atoms with Crippen molar-refractivity contribution in [1.29, 1.82) is 5.26 Å². The number of hydrogen-bond acceptors (Lipinski definition) is 5. The lowest BCUT2D eigenvalue weighted by atomic mass is 9.96. The first-order valence-corrected chi connectivity index (χ1v) is 9.82. The van der Waals surface area contributed by atoms with Crippen LogP contribution in [0.1, 0.15) is 34.3 Å². The van der Waals surface area contributed by atoms with Crippen molar-refractivity contribution in [3.63, 3.8) is 0 Å². The first-order chi connectivity index (χ1) is 14.1. The van der Waals surface area contributed by atoms with Gasteiger partial charge in [-0.1, -0.05) is 6.07 Å². The molecule has 1 fully saturated rings. The lowest BCUT2D eigenvalue weighted by Gasteiger charge is -2.32. The molecule has 0 saturated carbocycles. The van der Waals surface area contributed by atoms with Crippen LogP contribution in [0.15, 0.2) is 42.5 Å². The van der Waals surface area contributed by atoms with Gasteiger partial charge in [0.15, 0.2) is 5.78 Å². The summed E-state index contributed by atoms with van der Waals surface area (Å²) in [6.45, 7) is 2.04. The zero-order chi connectivity index (χ0) is 20.2. The number of Topliss-reactive ketones (excluding diaryl/α,β-unsaturated/α-hetero) is 1. The molecule has 0 N–H and O–H groups in total. The number of fused-ring (bicyclic) bond motifs is 1. The molecule has 1 amide bonds. The first-order valence-electron chi connectivity index (χ1n) is 9.82. The molecule has 29 heavy (non-hydrogen) atoms. The van der Waals surface area contributed by atoms with Crippen LogP contribution in [0.25, 0.3) is 0 Å². The lowest BCUT2D eigenvalue weighted by Crippen LogP contribution is -2.39. The van der Waals surface area contributed by atoms with Crippen LogP contribution in [0.3, 0.4) is 0 Å². The van der Waals surface area contributed by atoms with Gasteiger partial charge in [0.2, 0.25) is 0 Å². The summed E-state index contributed by atoms with van der Waals surface area (Å²) in [7, 11) is 0. The second kappa shape index (κ2) is 8.36. The maximum Gasteiger partial charge on any atom is 0.253 e. The van der Waals surface area contributed by atoms with Crippen molar-refractivity contribution in [1.82, 2.24) is 4.90 Å². The molecule has 2 aromatic rings. The van der Waals surface area contributed by atoms with E-state index in [0.29, 0.717) is 54.7 Å². The monoisotopic (exact) mass is 390 g/mol. The zero-order valence-electron chi connectivity index (χ0n) is 16.1. The Morgan fingerprint density at radius 3 is 2.83 bits per heavy atom. The van der Waals surface area contributed by atoms with E-state index >= 15 is 0 Å². The molecule has 1 saturated heterocycles. The second-order valence-electron chi connectivity index (χ2n) is 7.51. The Kier molecular flexibility index (Phi) is 5.48. The maximum atomic E-state index is 12.9. The summed E-state index contributed by atoms with van der Waals surface area (Å²) >= 11 is 0. The minimum Gasteiger partial charge on any atom is -0.493 e. The van der Waals surface area contributed by atoms with Crippen LogP contribution >= 0.6 is 0 Å². The van der Waals surface area contributed by atoms with Crippen LogP contribution in [0.2, 0.25) is 0 Å². The van der Waals surface area contributed by atoms with Crippen LogP contribution in [0.5, 0.6) is 11.5 Å². The number of nitrogens with zero attached hydrogens (tertiary/aromatic N) is 2. The number of hydrogen-bond donors (Lipinski definition) is 0. The minimum atomic E-state index is -0.00749. The number of amides is 1. The number of ketones is 1. The van der Waals surface area contributed by atoms with Gasteiger partial charge in [0, 0.05) is 30.6 Å². The minimum absolute atomic E-state index is 0.00749. The van der Waals surface area contributed by atoms with Gasteiger partial charge in [0.05, 0.1) is 18.2 Å². The third kappa shape index (κ3) is 4.40. The third-order valence-electron chi connectivity index (χ3n) is 5.43. The summed E-state index contributed by atoms with van der Waals surface area (Å²) in [5, 5.41) is 8.97. The van der Waals surface area contributed by atoms with Gasteiger partial charge in [0.25, 0.3) is 5.91 Å². The summed E-state index contributed by atoms with van der Waals surface area (Å²) in [5.41, 5.74) is 1.97. The number of rotatable bonds is 4. The number of carbonyl (C=O) groups excluding carboxylic acids is 2. The fourth-order valence-electron chi connectivity index (χ4n) is 3.77. The van der Waals surface area contributed by atoms with Crippen LogP contribution in [0.4, 0.5) is 0 Å². The van der Waals surface area contributed by atoms with Gasteiger partial charge in [-0.05, 0) is 55.2 Å². The predicted molar refractivity (Wildman–Crippen MR) is 106 cm³/mol. The highest BCUT2D eigenvalue weighted by Crippen LogP contribution is 2.26. The van der Waals surface area contributed by atoms with Gasteiger partial charge in [0.1, 0.15) is 18.1 Å². The molecule has 148 valence electrons. The fourth-order valence-corrected chi connectivity index (χ4v) is 3.77. The van der Waals surface area contributed by atoms with Crippen molar-refractivity contribution in [3.05, 3.63) is 59.2 Å². The SMILES string of the molecule is N#Cc1cccc(OCC2CCN(C(=O)c3ccc4c(c3)CC(=O)CO4)CC2)c1. The molecule has 6 nitrogen and oxygen atoms in total. The summed E-state index contributed by atoms with van der Waals surface area (Å²) in [6, 6.07) is 14.6. The van der Waals surface area contributed by atoms with Crippen LogP contribution < -0.4 is 9.47 Å². The molecule has 0 spiro atoms. The molecule has 4 rings (SSSR count). The number of benzene rings is 2. The van der Waals surface area contributed by atoms with Gasteiger partial charge in [-0.3, -0.25) is 9.59 Å². The Labute approximate surface area is 169 Å². The van der Waals surface area contributed by atoms with E-state index in [0.717, 1.165) is 18.4 Å². The van der Waals surface area contributed by atoms with Crippen molar-refractivity contribution >= 4 is 11.7 Å². The van der Waals surface area contributed by atoms with Crippen LogP contribution in [0, 0.1) is 17.2 Å². The summed E-state index contributed by atoms with van der Waals surface area (Å²) in [4.78, 5) is 26.3. The van der Waals surface area contributed by atoms with Crippen molar-refractivity contribution in [3.8, 4) is 17.6 Å². The Hall–Kier alpha value is -3.33. The standard InChI is InChI=1S/C23H22N2O4/c24-13-17-2-1-3-21(10-17)28-14-16-6-8-25(9-7-16)23(27)18-4-5-22-19(11-18)12-20(26)15-29-22/h1-5,10-11,16H,6-9,12,14-15H2. The molecule has 0 aliphatic carbocycles. The third-order valence-corrected chi connectivity index (χ3v) is 5.43. The van der Waals surface area contributed by atoms with E-state index in [1.807, 2.05) is 17.0 Å². The second-order valence-corrected chi connectivity index (χ2v) is 7.51. The van der Waals surface area contributed by atoms with E-state index < -0.39 is 0 Å². The highest BCUT2D eigenvalue weighted by molar-refractivity contribution is 5.95. The molecular weight excluding hydrogens is 368 g/mol. The highest BCUT2D eigenvalue weighted by Gasteiger charge is 2.25. The Morgan fingerprint density at radius 1 is 1.21 bits per heavy atom. The molecule has 2 aliphatic heterocycles. The summed E-state index contributed by atoms with van der Waals surface area (Å²) in [6.07, 6.45) is 2.06. The molecule has 0 radical (unpaired) electrons. The van der Waals surface area contributed by atoms with Gasteiger partial charge in [-0.25, -0.2) is 0 Å². The quantitative estimate of drug-likeness (QED) is 0.802. The van der Waals surface area contributed by atoms with Crippen molar-refractivity contribution in [2.24, 2.45) is 5.92 Å². The van der Waals surface area contributed by atoms with E-state index in [1.54, 1.807) is 30.3 Å². The predicted octanol–water partition coefficient (Wildman–Crippen LogP) is 2.99. The Morgan fingerprint density at radius 2 is 2.03 bits per heavy atom.